The summed E-state index contributed by atoms with van der Waals surface area (Å²) in [4.78, 5) is 16.9. The maximum Gasteiger partial charge on any atom is 0.223 e. The van der Waals surface area contributed by atoms with Gasteiger partial charge in [-0.05, 0) is 55.1 Å². The molecule has 3 aliphatic rings. The predicted octanol–water partition coefficient (Wildman–Crippen LogP) is 3.16. The van der Waals surface area contributed by atoms with Crippen LogP contribution in [0.5, 0.6) is 0 Å². The minimum atomic E-state index is 0.275. The predicted molar refractivity (Wildman–Crippen MR) is 81.7 cm³/mol. The molecule has 1 aromatic rings. The first-order valence-corrected chi connectivity index (χ1v) is 8.51. The summed E-state index contributed by atoms with van der Waals surface area (Å²) in [7, 11) is 0. The molecule has 2 saturated carbocycles. The van der Waals surface area contributed by atoms with Crippen molar-refractivity contribution in [2.24, 2.45) is 11.3 Å². The lowest BCUT2D eigenvalue weighted by molar-refractivity contribution is -0.123. The van der Waals surface area contributed by atoms with Gasteiger partial charge in [-0.3, -0.25) is 9.78 Å². The van der Waals surface area contributed by atoms with Gasteiger partial charge in [-0.2, -0.15) is 0 Å². The van der Waals surface area contributed by atoms with E-state index in [1.807, 2.05) is 6.20 Å². The molecule has 1 aromatic heterocycles. The minimum absolute atomic E-state index is 0.275. The van der Waals surface area contributed by atoms with E-state index < -0.39 is 0 Å². The molecule has 0 bridgehead atoms. The van der Waals surface area contributed by atoms with Gasteiger partial charge < -0.3 is 5.32 Å². The molecule has 1 atom stereocenters. The van der Waals surface area contributed by atoms with E-state index in [-0.39, 0.29) is 5.91 Å². The number of nitrogens with zero attached hydrogens (tertiary/aromatic N) is 1. The average Bonchev–Trinajstić information content (AvgIpc) is 2.99. The largest absolute Gasteiger partial charge is 0.352 e. The van der Waals surface area contributed by atoms with Gasteiger partial charge in [-0.1, -0.05) is 25.3 Å². The van der Waals surface area contributed by atoms with E-state index in [2.05, 4.69) is 16.4 Å². The minimum Gasteiger partial charge on any atom is -0.352 e. The maximum absolute atomic E-state index is 12.4. The van der Waals surface area contributed by atoms with Crippen molar-refractivity contribution in [3.05, 3.63) is 29.1 Å². The summed E-state index contributed by atoms with van der Waals surface area (Å²) in [6.45, 7) is 0.645. The highest BCUT2D eigenvalue weighted by atomic mass is 16.2. The molecule has 4 rings (SSSR count). The molecule has 0 radical (unpaired) electrons. The highest BCUT2D eigenvalue weighted by Crippen LogP contribution is 2.61. The summed E-state index contributed by atoms with van der Waals surface area (Å²) in [5, 5.41) is 3.14. The number of hydrogen-bond donors (Lipinski definition) is 1. The quantitative estimate of drug-likeness (QED) is 0.926. The average molecular weight is 284 g/mol. The second kappa shape index (κ2) is 5.11. The number of hydrogen-bond acceptors (Lipinski definition) is 2. The highest BCUT2D eigenvalue weighted by molar-refractivity contribution is 5.82. The summed E-state index contributed by atoms with van der Waals surface area (Å²) in [5.41, 5.74) is 4.19. The SMILES string of the molecule is O=C(NCc1cnc2c(c1)CCC2)[C@H]1CC12CCCCC2. The van der Waals surface area contributed by atoms with Crippen molar-refractivity contribution in [1.82, 2.24) is 10.3 Å². The second-order valence-corrected chi connectivity index (χ2v) is 7.20. The van der Waals surface area contributed by atoms with Crippen LogP contribution in [-0.2, 0) is 24.2 Å². The number of aryl methyl sites for hydroxylation is 2. The Balaban J connectivity index is 1.34. The molecule has 1 spiro atoms. The number of carbonyl (C=O) groups excluding carboxylic acids is 1. The van der Waals surface area contributed by atoms with Crippen molar-refractivity contribution in [2.45, 2.75) is 64.3 Å². The van der Waals surface area contributed by atoms with Gasteiger partial charge in [0.05, 0.1) is 0 Å². The number of pyridine rings is 1. The highest BCUT2D eigenvalue weighted by Gasteiger charge is 2.57. The Morgan fingerprint density at radius 3 is 2.95 bits per heavy atom. The van der Waals surface area contributed by atoms with E-state index in [0.29, 0.717) is 17.9 Å². The van der Waals surface area contributed by atoms with Gasteiger partial charge in [0.2, 0.25) is 5.91 Å². The number of carbonyl (C=O) groups is 1. The first-order chi connectivity index (χ1) is 10.3. The molecule has 0 unspecified atom stereocenters. The van der Waals surface area contributed by atoms with Gasteiger partial charge in [0.1, 0.15) is 0 Å². The summed E-state index contributed by atoms with van der Waals surface area (Å²) in [5.74, 6) is 0.567. The molecule has 112 valence electrons. The van der Waals surface area contributed by atoms with E-state index in [0.717, 1.165) is 24.8 Å². The maximum atomic E-state index is 12.4. The molecule has 3 heteroatoms. The van der Waals surface area contributed by atoms with E-state index in [1.165, 1.54) is 49.8 Å². The van der Waals surface area contributed by atoms with Gasteiger partial charge in [0.15, 0.2) is 0 Å². The molecular weight excluding hydrogens is 260 g/mol. The van der Waals surface area contributed by atoms with Crippen LogP contribution in [0.4, 0.5) is 0 Å². The molecule has 2 fully saturated rings. The van der Waals surface area contributed by atoms with Crippen molar-refractivity contribution >= 4 is 5.91 Å². The molecule has 0 aromatic carbocycles. The van der Waals surface area contributed by atoms with Crippen LogP contribution >= 0.6 is 0 Å². The number of rotatable bonds is 3. The normalized spacial score (nSPS) is 25.6. The Hall–Kier alpha value is -1.38. The monoisotopic (exact) mass is 284 g/mol. The summed E-state index contributed by atoms with van der Waals surface area (Å²) in [6.07, 6.45) is 13.1. The summed E-state index contributed by atoms with van der Waals surface area (Å²) >= 11 is 0. The van der Waals surface area contributed by atoms with Crippen LogP contribution in [0.15, 0.2) is 12.3 Å². The molecule has 0 saturated heterocycles. The molecule has 21 heavy (non-hydrogen) atoms. The van der Waals surface area contributed by atoms with Crippen molar-refractivity contribution in [1.29, 1.82) is 0 Å². The Morgan fingerprint density at radius 1 is 1.24 bits per heavy atom. The van der Waals surface area contributed by atoms with Gasteiger partial charge in [-0.15, -0.1) is 0 Å². The standard InChI is InChI=1S/C18H24N2O/c21-17(15-10-18(15)7-2-1-3-8-18)20-12-13-9-14-5-4-6-16(14)19-11-13/h9,11,15H,1-8,10,12H2,(H,20,21)/t15-/m1/s1. The van der Waals surface area contributed by atoms with Gasteiger partial charge in [0.25, 0.3) is 0 Å². The van der Waals surface area contributed by atoms with Gasteiger partial charge in [0, 0.05) is 24.4 Å². The number of nitrogens with one attached hydrogen (secondary N) is 1. The van der Waals surface area contributed by atoms with Crippen molar-refractivity contribution < 1.29 is 4.79 Å². The molecule has 3 aliphatic carbocycles. The third-order valence-electron chi connectivity index (χ3n) is 5.80. The lowest BCUT2D eigenvalue weighted by Crippen LogP contribution is -2.27. The molecule has 1 amide bonds. The van der Waals surface area contributed by atoms with Crippen LogP contribution < -0.4 is 5.32 Å². The number of fused-ring (bicyclic) bond motifs is 1. The van der Waals surface area contributed by atoms with Crippen molar-refractivity contribution in [3.8, 4) is 0 Å². The van der Waals surface area contributed by atoms with E-state index in [9.17, 15) is 4.79 Å². The first kappa shape index (κ1) is 13.3. The molecule has 3 nitrogen and oxygen atoms in total. The number of aromatic nitrogens is 1. The zero-order valence-electron chi connectivity index (χ0n) is 12.7. The fraction of sp³-hybridized carbons (Fsp3) is 0.667. The summed E-state index contributed by atoms with van der Waals surface area (Å²) < 4.78 is 0. The lowest BCUT2D eigenvalue weighted by Gasteiger charge is -2.22. The van der Waals surface area contributed by atoms with Crippen LogP contribution in [0.2, 0.25) is 0 Å². The fourth-order valence-electron chi connectivity index (χ4n) is 4.41. The first-order valence-electron chi connectivity index (χ1n) is 8.51. The Labute approximate surface area is 126 Å². The van der Waals surface area contributed by atoms with Crippen molar-refractivity contribution in [3.63, 3.8) is 0 Å². The van der Waals surface area contributed by atoms with Gasteiger partial charge >= 0.3 is 0 Å². The smallest absolute Gasteiger partial charge is 0.223 e. The van der Waals surface area contributed by atoms with Crippen molar-refractivity contribution in [2.75, 3.05) is 0 Å². The lowest BCUT2D eigenvalue weighted by atomic mass is 9.84. The van der Waals surface area contributed by atoms with Crippen LogP contribution in [0.3, 0.4) is 0 Å². The van der Waals surface area contributed by atoms with E-state index in [1.54, 1.807) is 0 Å². The molecule has 0 aliphatic heterocycles. The third kappa shape index (κ3) is 2.47. The molecule has 1 N–H and O–H groups in total. The molecule has 1 heterocycles. The van der Waals surface area contributed by atoms with Crippen LogP contribution in [-0.4, -0.2) is 10.9 Å². The van der Waals surface area contributed by atoms with Crippen LogP contribution in [0.1, 0.15) is 61.8 Å². The topological polar surface area (TPSA) is 42.0 Å². The Bertz CT molecular complexity index is 560. The Morgan fingerprint density at radius 2 is 2.10 bits per heavy atom. The Kier molecular flexibility index (Phi) is 3.24. The zero-order valence-corrected chi connectivity index (χ0v) is 12.7. The second-order valence-electron chi connectivity index (χ2n) is 7.20. The molecular formula is C18H24N2O. The van der Waals surface area contributed by atoms with Crippen LogP contribution in [0, 0.1) is 11.3 Å². The van der Waals surface area contributed by atoms with E-state index in [4.69, 9.17) is 0 Å². The third-order valence-corrected chi connectivity index (χ3v) is 5.80. The van der Waals surface area contributed by atoms with Gasteiger partial charge in [-0.25, -0.2) is 0 Å². The zero-order chi connectivity index (χ0) is 14.3. The fourth-order valence-corrected chi connectivity index (χ4v) is 4.41. The van der Waals surface area contributed by atoms with E-state index >= 15 is 0 Å². The number of amides is 1. The van der Waals surface area contributed by atoms with Crippen LogP contribution in [0.25, 0.3) is 0 Å². The summed E-state index contributed by atoms with van der Waals surface area (Å²) in [6, 6.07) is 2.24.